The molecule has 1 fully saturated rings. The summed E-state index contributed by atoms with van der Waals surface area (Å²) in [5, 5.41) is 9.52. The molecule has 2 aromatic heterocycles. The van der Waals surface area contributed by atoms with Crippen molar-refractivity contribution in [2.45, 2.75) is 32.8 Å². The van der Waals surface area contributed by atoms with Crippen molar-refractivity contribution in [3.05, 3.63) is 17.0 Å². The number of aryl methyl sites for hydroxylation is 1. The number of ether oxygens (including phenoxy) is 1. The summed E-state index contributed by atoms with van der Waals surface area (Å²) in [4.78, 5) is 18.4. The van der Waals surface area contributed by atoms with E-state index in [0.717, 1.165) is 4.88 Å². The van der Waals surface area contributed by atoms with Crippen molar-refractivity contribution < 1.29 is 9.53 Å². The quantitative estimate of drug-likeness (QED) is 0.859. The Kier molecular flexibility index (Phi) is 4.03. The Hall–Kier alpha value is -1.73. The Balaban J connectivity index is 1.57. The molecule has 112 valence electrons. The SMILES string of the molecule is Cc1ccc(-c2nc(NC(=O)[C@H](C)OCC3CC3)n[nH]2)s1. The van der Waals surface area contributed by atoms with Crippen molar-refractivity contribution in [2.75, 3.05) is 11.9 Å². The van der Waals surface area contributed by atoms with Crippen LogP contribution in [0.3, 0.4) is 0 Å². The minimum absolute atomic E-state index is 0.219. The van der Waals surface area contributed by atoms with Crippen LogP contribution >= 0.6 is 11.3 Å². The predicted octanol–water partition coefficient (Wildman–Crippen LogP) is 2.60. The maximum absolute atomic E-state index is 12.0. The number of nitrogens with one attached hydrogen (secondary N) is 2. The van der Waals surface area contributed by atoms with Crippen LogP contribution in [0, 0.1) is 12.8 Å². The molecule has 0 aliphatic heterocycles. The molecule has 2 aromatic rings. The Morgan fingerprint density at radius 2 is 2.38 bits per heavy atom. The number of hydrogen-bond acceptors (Lipinski definition) is 5. The smallest absolute Gasteiger partial charge is 0.255 e. The average molecular weight is 306 g/mol. The zero-order valence-corrected chi connectivity index (χ0v) is 12.9. The fourth-order valence-electron chi connectivity index (χ4n) is 1.84. The number of H-pyrrole nitrogens is 1. The molecule has 1 saturated carbocycles. The van der Waals surface area contributed by atoms with Gasteiger partial charge in [-0.05, 0) is 44.7 Å². The summed E-state index contributed by atoms with van der Waals surface area (Å²) in [6, 6.07) is 4.00. The highest BCUT2D eigenvalue weighted by Gasteiger charge is 2.24. The highest BCUT2D eigenvalue weighted by molar-refractivity contribution is 7.15. The van der Waals surface area contributed by atoms with E-state index in [-0.39, 0.29) is 11.9 Å². The molecule has 1 aliphatic rings. The first kappa shape index (κ1) is 14.2. The Labute approximate surface area is 126 Å². The second-order valence-corrected chi connectivity index (χ2v) is 6.61. The second-order valence-electron chi connectivity index (χ2n) is 5.33. The summed E-state index contributed by atoms with van der Waals surface area (Å²) in [5.74, 6) is 1.36. The minimum Gasteiger partial charge on any atom is -0.368 e. The third-order valence-electron chi connectivity index (χ3n) is 3.34. The van der Waals surface area contributed by atoms with Crippen molar-refractivity contribution in [3.8, 4) is 10.7 Å². The van der Waals surface area contributed by atoms with Gasteiger partial charge >= 0.3 is 0 Å². The molecule has 3 rings (SSSR count). The first-order chi connectivity index (χ1) is 10.1. The number of hydrogen-bond donors (Lipinski definition) is 2. The number of carbonyl (C=O) groups excluding carboxylic acids is 1. The number of aromatic amines is 1. The van der Waals surface area contributed by atoms with E-state index in [2.05, 4.69) is 20.5 Å². The van der Waals surface area contributed by atoms with E-state index in [1.54, 1.807) is 18.3 Å². The van der Waals surface area contributed by atoms with Gasteiger partial charge in [0.15, 0.2) is 5.82 Å². The molecule has 1 atom stereocenters. The van der Waals surface area contributed by atoms with Gasteiger partial charge in [0, 0.05) is 4.88 Å². The number of carbonyl (C=O) groups is 1. The van der Waals surface area contributed by atoms with E-state index in [4.69, 9.17) is 4.74 Å². The summed E-state index contributed by atoms with van der Waals surface area (Å²) < 4.78 is 5.52. The Bertz CT molecular complexity index is 632. The zero-order valence-electron chi connectivity index (χ0n) is 12.0. The third-order valence-corrected chi connectivity index (χ3v) is 4.35. The van der Waals surface area contributed by atoms with Gasteiger partial charge < -0.3 is 4.74 Å². The second kappa shape index (κ2) is 5.95. The van der Waals surface area contributed by atoms with E-state index >= 15 is 0 Å². The van der Waals surface area contributed by atoms with Gasteiger partial charge in [-0.1, -0.05) is 0 Å². The molecule has 0 aromatic carbocycles. The van der Waals surface area contributed by atoms with Crippen LogP contribution in [-0.2, 0) is 9.53 Å². The average Bonchev–Trinajstić information content (AvgIpc) is 3.01. The minimum atomic E-state index is -0.489. The van der Waals surface area contributed by atoms with Crippen LogP contribution in [0.1, 0.15) is 24.6 Å². The van der Waals surface area contributed by atoms with Crippen molar-refractivity contribution in [3.63, 3.8) is 0 Å². The van der Waals surface area contributed by atoms with Crippen LogP contribution in [0.5, 0.6) is 0 Å². The van der Waals surface area contributed by atoms with Crippen molar-refractivity contribution in [2.24, 2.45) is 5.92 Å². The lowest BCUT2D eigenvalue weighted by molar-refractivity contribution is -0.126. The fourth-order valence-corrected chi connectivity index (χ4v) is 2.65. The molecular weight excluding hydrogens is 288 g/mol. The Morgan fingerprint density at radius 1 is 1.57 bits per heavy atom. The lowest BCUT2D eigenvalue weighted by atomic mass is 10.3. The van der Waals surface area contributed by atoms with Gasteiger partial charge in [-0.15, -0.1) is 16.4 Å². The number of nitrogens with zero attached hydrogens (tertiary/aromatic N) is 2. The molecule has 0 spiro atoms. The molecule has 0 radical (unpaired) electrons. The highest BCUT2D eigenvalue weighted by atomic mass is 32.1. The molecule has 21 heavy (non-hydrogen) atoms. The summed E-state index contributed by atoms with van der Waals surface area (Å²) >= 11 is 1.63. The lowest BCUT2D eigenvalue weighted by Gasteiger charge is -2.11. The van der Waals surface area contributed by atoms with Crippen LogP contribution < -0.4 is 5.32 Å². The monoisotopic (exact) mass is 306 g/mol. The topological polar surface area (TPSA) is 79.9 Å². The number of anilines is 1. The molecular formula is C14H18N4O2S. The summed E-state index contributed by atoms with van der Waals surface area (Å²) in [7, 11) is 0. The maximum atomic E-state index is 12.0. The predicted molar refractivity (Wildman–Crippen MR) is 81.2 cm³/mol. The van der Waals surface area contributed by atoms with E-state index in [0.29, 0.717) is 18.3 Å². The molecule has 6 nitrogen and oxygen atoms in total. The molecule has 0 bridgehead atoms. The fraction of sp³-hybridized carbons (Fsp3) is 0.500. The number of rotatable bonds is 6. The largest absolute Gasteiger partial charge is 0.368 e. The van der Waals surface area contributed by atoms with Crippen molar-refractivity contribution >= 4 is 23.2 Å². The first-order valence-electron chi connectivity index (χ1n) is 7.03. The van der Waals surface area contributed by atoms with Crippen LogP contribution in [-0.4, -0.2) is 33.8 Å². The number of amides is 1. The van der Waals surface area contributed by atoms with E-state index in [9.17, 15) is 4.79 Å². The van der Waals surface area contributed by atoms with Gasteiger partial charge in [0.05, 0.1) is 11.5 Å². The molecule has 0 saturated heterocycles. The van der Waals surface area contributed by atoms with Crippen LogP contribution in [0.15, 0.2) is 12.1 Å². The van der Waals surface area contributed by atoms with Crippen molar-refractivity contribution in [1.82, 2.24) is 15.2 Å². The zero-order chi connectivity index (χ0) is 14.8. The van der Waals surface area contributed by atoms with Gasteiger partial charge in [-0.3, -0.25) is 15.2 Å². The summed E-state index contributed by atoms with van der Waals surface area (Å²) in [5.41, 5.74) is 0. The summed E-state index contributed by atoms with van der Waals surface area (Å²) in [6.45, 7) is 4.43. The van der Waals surface area contributed by atoms with Crippen LogP contribution in [0.25, 0.3) is 10.7 Å². The molecule has 2 N–H and O–H groups in total. The van der Waals surface area contributed by atoms with Gasteiger partial charge in [-0.2, -0.15) is 4.98 Å². The van der Waals surface area contributed by atoms with E-state index in [1.165, 1.54) is 17.7 Å². The van der Waals surface area contributed by atoms with Gasteiger partial charge in [0.25, 0.3) is 5.91 Å². The van der Waals surface area contributed by atoms with Gasteiger partial charge in [0.2, 0.25) is 5.95 Å². The van der Waals surface area contributed by atoms with Crippen LogP contribution in [0.2, 0.25) is 0 Å². The van der Waals surface area contributed by atoms with Crippen molar-refractivity contribution in [1.29, 1.82) is 0 Å². The molecule has 7 heteroatoms. The molecule has 1 aliphatic carbocycles. The number of aromatic nitrogens is 3. The molecule has 1 amide bonds. The van der Waals surface area contributed by atoms with E-state index < -0.39 is 6.10 Å². The molecule has 2 heterocycles. The summed E-state index contributed by atoms with van der Waals surface area (Å²) in [6.07, 6.45) is 1.93. The van der Waals surface area contributed by atoms with E-state index in [1.807, 2.05) is 19.1 Å². The van der Waals surface area contributed by atoms with Gasteiger partial charge in [0.1, 0.15) is 6.10 Å². The Morgan fingerprint density at radius 3 is 3.05 bits per heavy atom. The lowest BCUT2D eigenvalue weighted by Crippen LogP contribution is -2.28. The normalized spacial score (nSPS) is 15.9. The molecule has 0 unspecified atom stereocenters. The maximum Gasteiger partial charge on any atom is 0.255 e. The highest BCUT2D eigenvalue weighted by Crippen LogP contribution is 2.29. The third kappa shape index (κ3) is 3.68. The van der Waals surface area contributed by atoms with Crippen LogP contribution in [0.4, 0.5) is 5.95 Å². The standard InChI is InChI=1S/C14H18N4O2S/c1-8-3-6-11(21-8)12-15-14(18-17-12)16-13(19)9(2)20-7-10-4-5-10/h3,6,9-10H,4-5,7H2,1-2H3,(H2,15,16,17,18,19)/t9-/m0/s1. The first-order valence-corrected chi connectivity index (χ1v) is 7.85. The van der Waals surface area contributed by atoms with Gasteiger partial charge in [-0.25, -0.2) is 0 Å². The number of thiophene rings is 1.